The van der Waals surface area contributed by atoms with Crippen LogP contribution in [0.2, 0.25) is 0 Å². The number of amides is 1. The lowest BCUT2D eigenvalue weighted by atomic mass is 9.90. The molecule has 4 heteroatoms. The molecule has 0 aromatic rings. The fourth-order valence-electron chi connectivity index (χ4n) is 2.42. The first-order chi connectivity index (χ1) is 7.32. The Morgan fingerprint density at radius 2 is 1.81 bits per heavy atom. The predicted octanol–water partition coefficient (Wildman–Crippen LogP) is 1.70. The van der Waals surface area contributed by atoms with Gasteiger partial charge in [0.25, 0.3) is 0 Å². The summed E-state index contributed by atoms with van der Waals surface area (Å²) in [6.45, 7) is 8.96. The normalized spacial score (nSPS) is 26.2. The van der Waals surface area contributed by atoms with Gasteiger partial charge in [-0.1, -0.05) is 0 Å². The average Bonchev–Trinajstić information content (AvgIpc) is 2.49. The largest absolute Gasteiger partial charge is 0.441 e. The van der Waals surface area contributed by atoms with E-state index in [1.54, 1.807) is 0 Å². The monoisotopic (exact) mass is 226 g/mol. The van der Waals surface area contributed by atoms with Crippen LogP contribution in [-0.2, 0) is 4.74 Å². The van der Waals surface area contributed by atoms with Crippen LogP contribution in [-0.4, -0.2) is 53.7 Å². The Hall–Kier alpha value is -0.770. The Morgan fingerprint density at radius 3 is 2.25 bits per heavy atom. The van der Waals surface area contributed by atoms with E-state index in [1.807, 2.05) is 4.90 Å². The summed E-state index contributed by atoms with van der Waals surface area (Å²) >= 11 is 0. The molecule has 0 N–H and O–H groups in total. The second-order valence-electron chi connectivity index (χ2n) is 6.11. The molecule has 0 bridgehead atoms. The van der Waals surface area contributed by atoms with Crippen LogP contribution in [0.3, 0.4) is 0 Å². The molecule has 2 fully saturated rings. The summed E-state index contributed by atoms with van der Waals surface area (Å²) in [6.07, 6.45) is 1.78. The zero-order chi connectivity index (χ0) is 12.0. The van der Waals surface area contributed by atoms with Crippen molar-refractivity contribution >= 4 is 6.09 Å². The van der Waals surface area contributed by atoms with E-state index in [0.717, 1.165) is 32.5 Å². The van der Waals surface area contributed by atoms with Crippen molar-refractivity contribution in [2.75, 3.05) is 26.7 Å². The number of hydrogen-bond acceptors (Lipinski definition) is 3. The lowest BCUT2D eigenvalue weighted by Crippen LogP contribution is -2.48. The number of nitrogens with zero attached hydrogens (tertiary/aromatic N) is 2. The first-order valence-corrected chi connectivity index (χ1v) is 6.02. The second kappa shape index (κ2) is 3.62. The van der Waals surface area contributed by atoms with Gasteiger partial charge in [-0.2, -0.15) is 0 Å². The highest BCUT2D eigenvalue weighted by atomic mass is 16.6. The minimum absolute atomic E-state index is 0.135. The van der Waals surface area contributed by atoms with Gasteiger partial charge < -0.3 is 9.64 Å². The van der Waals surface area contributed by atoms with Crippen LogP contribution < -0.4 is 0 Å². The molecular formula is C12H22N2O2. The molecule has 2 heterocycles. The fraction of sp³-hybridized carbons (Fsp3) is 0.917. The van der Waals surface area contributed by atoms with Crippen LogP contribution in [0.1, 0.15) is 33.6 Å². The molecule has 1 amide bonds. The van der Waals surface area contributed by atoms with Crippen molar-refractivity contribution in [2.24, 2.45) is 0 Å². The molecule has 0 saturated carbocycles. The summed E-state index contributed by atoms with van der Waals surface area (Å²) in [5, 5.41) is 0. The van der Waals surface area contributed by atoms with E-state index in [2.05, 4.69) is 32.7 Å². The first-order valence-electron chi connectivity index (χ1n) is 6.02. The Kier molecular flexibility index (Phi) is 2.65. The second-order valence-corrected chi connectivity index (χ2v) is 6.11. The van der Waals surface area contributed by atoms with Gasteiger partial charge in [-0.05, 0) is 27.8 Å². The van der Waals surface area contributed by atoms with Gasteiger partial charge in [0.15, 0.2) is 0 Å². The quantitative estimate of drug-likeness (QED) is 0.630. The Labute approximate surface area is 97.5 Å². The molecule has 2 rings (SSSR count). The number of rotatable bonds is 0. The number of carbonyl (C=O) groups excluding carboxylic acids is 1. The molecule has 2 aliphatic heterocycles. The topological polar surface area (TPSA) is 32.8 Å². The lowest BCUT2D eigenvalue weighted by molar-refractivity contribution is 0.00641. The Balaban J connectivity index is 2.09. The van der Waals surface area contributed by atoms with Crippen LogP contribution in [0.15, 0.2) is 0 Å². The van der Waals surface area contributed by atoms with Gasteiger partial charge in [0, 0.05) is 31.5 Å². The van der Waals surface area contributed by atoms with E-state index in [1.165, 1.54) is 0 Å². The van der Waals surface area contributed by atoms with Crippen molar-refractivity contribution < 1.29 is 9.53 Å². The maximum atomic E-state index is 11.9. The summed E-state index contributed by atoms with van der Waals surface area (Å²) in [5.74, 6) is 0. The third-order valence-corrected chi connectivity index (χ3v) is 3.68. The molecule has 2 saturated heterocycles. The van der Waals surface area contributed by atoms with Crippen molar-refractivity contribution in [3.05, 3.63) is 0 Å². The van der Waals surface area contributed by atoms with Crippen molar-refractivity contribution in [3.63, 3.8) is 0 Å². The molecule has 4 nitrogen and oxygen atoms in total. The predicted molar refractivity (Wildman–Crippen MR) is 62.4 cm³/mol. The van der Waals surface area contributed by atoms with Crippen LogP contribution in [0.5, 0.6) is 0 Å². The van der Waals surface area contributed by atoms with Gasteiger partial charge in [-0.3, -0.25) is 4.90 Å². The number of hydrogen-bond donors (Lipinski definition) is 0. The van der Waals surface area contributed by atoms with Gasteiger partial charge in [0.05, 0.1) is 6.54 Å². The van der Waals surface area contributed by atoms with E-state index >= 15 is 0 Å². The van der Waals surface area contributed by atoms with Gasteiger partial charge >= 0.3 is 6.09 Å². The van der Waals surface area contributed by atoms with Gasteiger partial charge in [-0.25, -0.2) is 4.79 Å². The molecule has 1 spiro atoms. The highest BCUT2D eigenvalue weighted by Crippen LogP contribution is 2.35. The molecule has 0 aromatic heterocycles. The molecule has 2 aliphatic rings. The van der Waals surface area contributed by atoms with Crippen LogP contribution in [0.25, 0.3) is 0 Å². The third-order valence-electron chi connectivity index (χ3n) is 3.68. The summed E-state index contributed by atoms with van der Waals surface area (Å²) in [4.78, 5) is 16.0. The van der Waals surface area contributed by atoms with Crippen molar-refractivity contribution in [1.29, 1.82) is 0 Å². The van der Waals surface area contributed by atoms with Crippen molar-refractivity contribution in [3.8, 4) is 0 Å². The molecule has 16 heavy (non-hydrogen) atoms. The first kappa shape index (κ1) is 11.7. The maximum Gasteiger partial charge on any atom is 0.410 e. The average molecular weight is 226 g/mol. The smallest absolute Gasteiger partial charge is 0.410 e. The van der Waals surface area contributed by atoms with Gasteiger partial charge in [0.1, 0.15) is 5.60 Å². The SMILES string of the molecule is CN1CCC2(CC1)CN(C(C)(C)C)C(=O)O2. The highest BCUT2D eigenvalue weighted by molar-refractivity contribution is 5.71. The minimum Gasteiger partial charge on any atom is -0.441 e. The molecular weight excluding hydrogens is 204 g/mol. The van der Waals surface area contributed by atoms with Gasteiger partial charge in [0.2, 0.25) is 0 Å². The highest BCUT2D eigenvalue weighted by Gasteiger charge is 2.49. The lowest BCUT2D eigenvalue weighted by Gasteiger charge is -2.36. The van der Waals surface area contributed by atoms with E-state index in [0.29, 0.717) is 0 Å². The molecule has 0 aliphatic carbocycles. The van der Waals surface area contributed by atoms with E-state index < -0.39 is 0 Å². The number of ether oxygens (including phenoxy) is 1. The third kappa shape index (κ3) is 2.03. The molecule has 0 radical (unpaired) electrons. The summed E-state index contributed by atoms with van der Waals surface area (Å²) in [5.41, 5.74) is -0.346. The van der Waals surface area contributed by atoms with Crippen LogP contribution >= 0.6 is 0 Å². The number of piperidine rings is 1. The maximum absolute atomic E-state index is 11.9. The number of likely N-dealkylation sites (tertiary alicyclic amines) is 1. The zero-order valence-corrected chi connectivity index (χ0v) is 10.7. The Bertz CT molecular complexity index is 288. The van der Waals surface area contributed by atoms with Gasteiger partial charge in [-0.15, -0.1) is 0 Å². The van der Waals surface area contributed by atoms with E-state index in [4.69, 9.17) is 4.74 Å². The van der Waals surface area contributed by atoms with E-state index in [9.17, 15) is 4.79 Å². The number of carbonyl (C=O) groups is 1. The van der Waals surface area contributed by atoms with E-state index in [-0.39, 0.29) is 17.2 Å². The zero-order valence-electron chi connectivity index (χ0n) is 10.7. The fourth-order valence-corrected chi connectivity index (χ4v) is 2.42. The molecule has 92 valence electrons. The van der Waals surface area contributed by atoms with Crippen molar-refractivity contribution in [1.82, 2.24) is 9.80 Å². The molecule has 0 unspecified atom stereocenters. The standard InChI is InChI=1S/C12H22N2O2/c1-11(2,3)14-9-12(16-10(14)15)5-7-13(4)8-6-12/h5-9H2,1-4H3. The molecule has 0 atom stereocenters. The Morgan fingerprint density at radius 1 is 1.25 bits per heavy atom. The van der Waals surface area contributed by atoms with Crippen LogP contribution in [0, 0.1) is 0 Å². The minimum atomic E-state index is -0.211. The summed E-state index contributed by atoms with van der Waals surface area (Å²) in [7, 11) is 2.12. The van der Waals surface area contributed by atoms with Crippen LogP contribution in [0.4, 0.5) is 4.79 Å². The summed E-state index contributed by atoms with van der Waals surface area (Å²) < 4.78 is 5.64. The van der Waals surface area contributed by atoms with Crippen molar-refractivity contribution in [2.45, 2.75) is 44.8 Å². The molecule has 0 aromatic carbocycles. The summed E-state index contributed by atoms with van der Waals surface area (Å²) in [6, 6.07) is 0.